The monoisotopic (exact) mass is 479 g/mol. The average Bonchev–Trinajstić information content (AvgIpc) is 3.21. The van der Waals surface area contributed by atoms with E-state index in [1.807, 2.05) is 0 Å². The Balaban J connectivity index is 1.61. The van der Waals surface area contributed by atoms with Crippen LogP contribution in [-0.2, 0) is 21.8 Å². The van der Waals surface area contributed by atoms with Gasteiger partial charge in [0.1, 0.15) is 5.83 Å². The summed E-state index contributed by atoms with van der Waals surface area (Å²) < 4.78 is 105. The molecule has 2 heterocycles. The number of nitrogens with one attached hydrogen (secondary N) is 1. The van der Waals surface area contributed by atoms with Crippen LogP contribution in [0.5, 0.6) is 0 Å². The van der Waals surface area contributed by atoms with Crippen molar-refractivity contribution in [1.29, 1.82) is 0 Å². The molecule has 1 aromatic carbocycles. The fourth-order valence-electron chi connectivity index (χ4n) is 4.96. The van der Waals surface area contributed by atoms with E-state index in [2.05, 4.69) is 5.32 Å². The summed E-state index contributed by atoms with van der Waals surface area (Å²) in [5.41, 5.74) is -3.02. The van der Waals surface area contributed by atoms with Gasteiger partial charge in [-0.3, -0.25) is 0 Å². The molecule has 2 unspecified atom stereocenters. The normalized spacial score (nSPS) is 31.3. The zero-order chi connectivity index (χ0) is 24.0. The number of hydrogen-bond donors (Lipinski definition) is 1. The molecule has 33 heavy (non-hydrogen) atoms. The maximum Gasteiger partial charge on any atom is 0.416 e. The van der Waals surface area contributed by atoms with Crippen molar-refractivity contribution < 1.29 is 40.2 Å². The highest BCUT2D eigenvalue weighted by Gasteiger charge is 2.47. The zero-order valence-electron chi connectivity index (χ0n) is 17.7. The van der Waals surface area contributed by atoms with Gasteiger partial charge in [-0.25, -0.2) is 4.39 Å². The van der Waals surface area contributed by atoms with Crippen molar-refractivity contribution in [2.75, 3.05) is 19.7 Å². The first-order valence-electron chi connectivity index (χ1n) is 10.7. The maximum absolute atomic E-state index is 13.5. The lowest BCUT2D eigenvalue weighted by Gasteiger charge is -2.43. The summed E-state index contributed by atoms with van der Waals surface area (Å²) in [6.45, 7) is 3.20. The van der Waals surface area contributed by atoms with E-state index in [0.29, 0.717) is 31.7 Å². The van der Waals surface area contributed by atoms with Crippen molar-refractivity contribution in [3.8, 4) is 0 Å². The molecule has 0 spiro atoms. The van der Waals surface area contributed by atoms with Crippen molar-refractivity contribution in [2.45, 2.75) is 38.1 Å². The second kappa shape index (κ2) is 9.03. The minimum absolute atomic E-state index is 0.0959. The molecule has 1 N–H and O–H groups in total. The van der Waals surface area contributed by atoms with Crippen LogP contribution in [0.15, 0.2) is 42.3 Å². The van der Waals surface area contributed by atoms with Gasteiger partial charge < -0.3 is 14.8 Å². The highest BCUT2D eigenvalue weighted by Crippen LogP contribution is 2.44. The molecule has 2 fully saturated rings. The number of hydrogen-bond acceptors (Lipinski definition) is 3. The Hall–Kier alpha value is -1.91. The third-order valence-electron chi connectivity index (χ3n) is 6.67. The standard InChI is InChI=1S/C23H24F7NO2/c1-12(14-6-16(22(25,26)27)8-17(7-14)23(28,29)30)33-21-20(13-2-4-18(24)5-3-13)19-10-31-9-15(19)11-32-21/h2,4-8,12-13,15,19-21,31H,3,9-11H2,1H3/t12-,13-,15+,19-,20?,21?/m1/s1. The van der Waals surface area contributed by atoms with Crippen LogP contribution in [0.4, 0.5) is 30.7 Å². The molecule has 2 aliphatic heterocycles. The Bertz CT molecular complexity index is 892. The summed E-state index contributed by atoms with van der Waals surface area (Å²) in [4.78, 5) is 0. The summed E-state index contributed by atoms with van der Waals surface area (Å²) in [5.74, 6) is -0.359. The van der Waals surface area contributed by atoms with Gasteiger partial charge in [0.25, 0.3) is 0 Å². The molecular weight excluding hydrogens is 455 g/mol. The second-order valence-electron chi connectivity index (χ2n) is 8.83. The van der Waals surface area contributed by atoms with Gasteiger partial charge in [0.05, 0.1) is 23.8 Å². The molecule has 10 heteroatoms. The first-order valence-corrected chi connectivity index (χ1v) is 10.7. The van der Waals surface area contributed by atoms with Gasteiger partial charge in [-0.15, -0.1) is 0 Å². The molecule has 0 saturated carbocycles. The quantitative estimate of drug-likeness (QED) is 0.535. The van der Waals surface area contributed by atoms with Gasteiger partial charge >= 0.3 is 12.4 Å². The molecule has 182 valence electrons. The second-order valence-corrected chi connectivity index (χ2v) is 8.83. The minimum Gasteiger partial charge on any atom is -0.352 e. The first-order chi connectivity index (χ1) is 15.4. The van der Waals surface area contributed by atoms with E-state index < -0.39 is 35.9 Å². The Morgan fingerprint density at radius 1 is 1.03 bits per heavy atom. The predicted molar refractivity (Wildman–Crippen MR) is 105 cm³/mol. The third-order valence-corrected chi connectivity index (χ3v) is 6.67. The summed E-state index contributed by atoms with van der Waals surface area (Å²) in [6, 6.07) is 1.45. The first kappa shape index (κ1) is 24.2. The number of allylic oxidation sites excluding steroid dienone is 4. The van der Waals surface area contributed by atoms with E-state index in [0.717, 1.165) is 6.54 Å². The molecule has 6 atom stereocenters. The number of benzene rings is 1. The van der Waals surface area contributed by atoms with Gasteiger partial charge in [0.2, 0.25) is 0 Å². The van der Waals surface area contributed by atoms with Crippen molar-refractivity contribution in [3.63, 3.8) is 0 Å². The van der Waals surface area contributed by atoms with Crippen LogP contribution in [0.2, 0.25) is 0 Å². The van der Waals surface area contributed by atoms with Crippen molar-refractivity contribution in [3.05, 3.63) is 58.9 Å². The molecule has 3 nitrogen and oxygen atoms in total. The summed E-state index contributed by atoms with van der Waals surface area (Å²) in [6.07, 6.45) is -6.85. The molecule has 4 rings (SSSR count). The number of alkyl halides is 6. The number of rotatable bonds is 4. The topological polar surface area (TPSA) is 30.5 Å². The zero-order valence-corrected chi connectivity index (χ0v) is 17.7. The van der Waals surface area contributed by atoms with Crippen LogP contribution in [0.25, 0.3) is 0 Å². The van der Waals surface area contributed by atoms with E-state index >= 15 is 0 Å². The van der Waals surface area contributed by atoms with Crippen molar-refractivity contribution in [2.24, 2.45) is 23.7 Å². The Labute approximate surface area is 186 Å². The SMILES string of the molecule is C[C@@H](OC1OC[C@@H]2CNC[C@H]2C1[C@@H]1C=CC(F)=CC1)c1cc(C(F)(F)F)cc(C(F)(F)F)c1. The Morgan fingerprint density at radius 3 is 2.27 bits per heavy atom. The molecule has 0 radical (unpaired) electrons. The van der Waals surface area contributed by atoms with Gasteiger partial charge in [-0.05, 0) is 73.6 Å². The smallest absolute Gasteiger partial charge is 0.352 e. The highest BCUT2D eigenvalue weighted by molar-refractivity contribution is 5.34. The lowest BCUT2D eigenvalue weighted by Crippen LogP contribution is -2.46. The van der Waals surface area contributed by atoms with Crippen LogP contribution in [-0.4, -0.2) is 26.0 Å². The van der Waals surface area contributed by atoms with E-state index in [-0.39, 0.29) is 41.1 Å². The van der Waals surface area contributed by atoms with Crippen LogP contribution in [0.1, 0.15) is 36.1 Å². The average molecular weight is 479 g/mol. The van der Waals surface area contributed by atoms with Gasteiger partial charge in [0.15, 0.2) is 6.29 Å². The van der Waals surface area contributed by atoms with Gasteiger partial charge in [-0.2, -0.15) is 26.3 Å². The van der Waals surface area contributed by atoms with Gasteiger partial charge in [-0.1, -0.05) is 6.08 Å². The molecule has 0 amide bonds. The minimum atomic E-state index is -4.94. The van der Waals surface area contributed by atoms with E-state index in [9.17, 15) is 30.7 Å². The molecule has 1 aromatic rings. The molecule has 3 aliphatic rings. The van der Waals surface area contributed by atoms with E-state index in [1.165, 1.54) is 19.1 Å². The molecule has 0 bridgehead atoms. The lowest BCUT2D eigenvalue weighted by atomic mass is 9.72. The number of halogens is 7. The lowest BCUT2D eigenvalue weighted by molar-refractivity contribution is -0.243. The van der Waals surface area contributed by atoms with Crippen LogP contribution >= 0.6 is 0 Å². The third kappa shape index (κ3) is 5.27. The number of ether oxygens (including phenoxy) is 2. The highest BCUT2D eigenvalue weighted by atomic mass is 19.4. The summed E-state index contributed by atoms with van der Waals surface area (Å²) in [5, 5.41) is 3.30. The Kier molecular flexibility index (Phi) is 6.63. The van der Waals surface area contributed by atoms with Crippen LogP contribution < -0.4 is 5.32 Å². The van der Waals surface area contributed by atoms with Gasteiger partial charge in [0, 0.05) is 12.5 Å². The molecule has 2 saturated heterocycles. The maximum atomic E-state index is 13.5. The molecule has 1 aliphatic carbocycles. The molecule has 0 aromatic heterocycles. The summed E-state index contributed by atoms with van der Waals surface area (Å²) in [7, 11) is 0. The van der Waals surface area contributed by atoms with E-state index in [1.54, 1.807) is 6.08 Å². The van der Waals surface area contributed by atoms with Crippen LogP contribution in [0.3, 0.4) is 0 Å². The van der Waals surface area contributed by atoms with Crippen molar-refractivity contribution >= 4 is 0 Å². The van der Waals surface area contributed by atoms with E-state index in [4.69, 9.17) is 9.47 Å². The number of fused-ring (bicyclic) bond motifs is 1. The fourth-order valence-corrected chi connectivity index (χ4v) is 4.96. The van der Waals surface area contributed by atoms with Crippen molar-refractivity contribution in [1.82, 2.24) is 5.32 Å². The Morgan fingerprint density at radius 2 is 1.70 bits per heavy atom. The predicted octanol–water partition coefficient (Wildman–Crippen LogP) is 6.04. The molecular formula is C23H24F7NO2. The van der Waals surface area contributed by atoms with Crippen LogP contribution in [0, 0.1) is 23.7 Å². The largest absolute Gasteiger partial charge is 0.416 e. The summed E-state index contributed by atoms with van der Waals surface area (Å²) >= 11 is 0. The fraction of sp³-hybridized carbons (Fsp3) is 0.565.